The highest BCUT2D eigenvalue weighted by Gasteiger charge is 2.31. The van der Waals surface area contributed by atoms with Gasteiger partial charge in [0.1, 0.15) is 25.2 Å². The molecule has 8 heteroatoms. The highest BCUT2D eigenvalue weighted by molar-refractivity contribution is 5.95. The number of aromatic amines is 1. The van der Waals surface area contributed by atoms with Crippen LogP contribution in [0.5, 0.6) is 0 Å². The van der Waals surface area contributed by atoms with Crippen LogP contribution in [0.15, 0.2) is 53.1 Å². The molecule has 1 aliphatic rings. The SMILES string of the molecule is N#Cc1ccc2[nH]cc(CCCC[N+]3(O)CCN(c4ccc5oc(C(N)=O)cc5c4)CC3)c2c1. The van der Waals surface area contributed by atoms with Gasteiger partial charge in [0.2, 0.25) is 0 Å². The first-order chi connectivity index (χ1) is 16.4. The standard InChI is InChI=1S/C26H27N5O3/c27-16-18-4-6-23-22(13-18)19(17-29-23)3-1-2-10-31(33)11-8-30(9-12-31)21-5-7-24-20(14-21)15-25(34-24)26(28)32/h4-7,13-15,17,29,33H,1-3,8-12H2,(H-,28,32)/p+1. The first-order valence-electron chi connectivity index (χ1n) is 11.6. The van der Waals surface area contributed by atoms with Crippen molar-refractivity contribution in [2.45, 2.75) is 19.3 Å². The molecule has 0 bridgehead atoms. The molecule has 2 aromatic heterocycles. The Labute approximate surface area is 197 Å². The summed E-state index contributed by atoms with van der Waals surface area (Å²) in [4.78, 5) is 16.9. The molecular formula is C26H28N5O3+. The number of nitrogens with one attached hydrogen (secondary N) is 1. The van der Waals surface area contributed by atoms with Gasteiger partial charge in [-0.05, 0) is 67.3 Å². The third kappa shape index (κ3) is 4.36. The van der Waals surface area contributed by atoms with E-state index in [1.807, 2.05) is 42.6 Å². The average Bonchev–Trinajstić information content (AvgIpc) is 3.46. The van der Waals surface area contributed by atoms with Crippen molar-refractivity contribution in [1.82, 2.24) is 4.98 Å². The summed E-state index contributed by atoms with van der Waals surface area (Å²) in [5, 5.41) is 22.2. The van der Waals surface area contributed by atoms with Gasteiger partial charge in [0.05, 0.1) is 24.7 Å². The first-order valence-corrected chi connectivity index (χ1v) is 11.6. The third-order valence-electron chi connectivity index (χ3n) is 6.85. The topological polar surface area (TPSA) is 119 Å². The van der Waals surface area contributed by atoms with E-state index in [-0.39, 0.29) is 10.4 Å². The number of carbonyl (C=O) groups excluding carboxylic acids is 1. The molecule has 0 atom stereocenters. The number of anilines is 1. The molecule has 0 saturated carbocycles. The predicted octanol–water partition coefficient (Wildman–Crippen LogP) is 3.93. The zero-order valence-electron chi connectivity index (χ0n) is 19.0. The molecule has 0 radical (unpaired) electrons. The van der Waals surface area contributed by atoms with Crippen molar-refractivity contribution in [1.29, 1.82) is 5.26 Å². The lowest BCUT2D eigenvalue weighted by atomic mass is 10.0. The summed E-state index contributed by atoms with van der Waals surface area (Å²) < 4.78 is 5.56. The number of unbranched alkanes of at least 4 members (excludes halogenated alkanes) is 1. The lowest BCUT2D eigenvalue weighted by molar-refractivity contribution is -1.10. The Balaban J connectivity index is 1.14. The molecule has 1 saturated heterocycles. The second-order valence-corrected chi connectivity index (χ2v) is 9.09. The highest BCUT2D eigenvalue weighted by atomic mass is 16.5. The van der Waals surface area contributed by atoms with Gasteiger partial charge in [0, 0.05) is 28.2 Å². The molecule has 2 aromatic carbocycles. The molecule has 4 aromatic rings. The van der Waals surface area contributed by atoms with Crippen molar-refractivity contribution >= 4 is 33.5 Å². The highest BCUT2D eigenvalue weighted by Crippen LogP contribution is 2.27. The van der Waals surface area contributed by atoms with Gasteiger partial charge in [-0.1, -0.05) is 0 Å². The number of hydroxylamine groups is 3. The predicted molar refractivity (Wildman–Crippen MR) is 130 cm³/mol. The summed E-state index contributed by atoms with van der Waals surface area (Å²) in [6.07, 6.45) is 4.85. The number of amides is 1. The number of fused-ring (bicyclic) bond motifs is 2. The molecule has 3 heterocycles. The number of aromatic nitrogens is 1. The Kier molecular flexibility index (Phi) is 5.74. The average molecular weight is 459 g/mol. The van der Waals surface area contributed by atoms with Crippen molar-refractivity contribution < 1.29 is 19.1 Å². The van der Waals surface area contributed by atoms with E-state index in [9.17, 15) is 10.0 Å². The van der Waals surface area contributed by atoms with Crippen molar-refractivity contribution in [3.8, 4) is 6.07 Å². The zero-order chi connectivity index (χ0) is 23.7. The maximum Gasteiger partial charge on any atom is 0.284 e. The maximum atomic E-state index is 11.4. The number of piperazine rings is 1. The first kappa shape index (κ1) is 22.0. The number of furan rings is 1. The van der Waals surface area contributed by atoms with Crippen LogP contribution < -0.4 is 10.6 Å². The number of H-pyrrole nitrogens is 1. The number of rotatable bonds is 7. The van der Waals surface area contributed by atoms with E-state index >= 15 is 0 Å². The van der Waals surface area contributed by atoms with Gasteiger partial charge in [0.25, 0.3) is 5.91 Å². The molecule has 0 unspecified atom stereocenters. The van der Waals surface area contributed by atoms with Crippen molar-refractivity contribution in [2.75, 3.05) is 37.6 Å². The molecule has 0 spiro atoms. The second kappa shape index (κ2) is 8.86. The molecule has 4 N–H and O–H groups in total. The van der Waals surface area contributed by atoms with Gasteiger partial charge in [0.15, 0.2) is 5.76 Å². The number of aryl methyl sites for hydroxylation is 1. The lowest BCUT2D eigenvalue weighted by Gasteiger charge is -2.39. The van der Waals surface area contributed by atoms with E-state index in [1.165, 1.54) is 5.56 Å². The summed E-state index contributed by atoms with van der Waals surface area (Å²) in [5.74, 6) is -0.412. The minimum Gasteiger partial charge on any atom is -0.451 e. The molecule has 5 rings (SSSR count). The Bertz CT molecular complexity index is 1390. The molecule has 34 heavy (non-hydrogen) atoms. The normalized spacial score (nSPS) is 15.6. The summed E-state index contributed by atoms with van der Waals surface area (Å²) in [6.45, 7) is 3.55. The quantitative estimate of drug-likeness (QED) is 0.286. The van der Waals surface area contributed by atoms with Crippen LogP contribution in [0.3, 0.4) is 0 Å². The van der Waals surface area contributed by atoms with Gasteiger partial charge in [-0.15, -0.1) is 0 Å². The fourth-order valence-corrected chi connectivity index (χ4v) is 4.84. The zero-order valence-corrected chi connectivity index (χ0v) is 19.0. The molecule has 174 valence electrons. The number of benzene rings is 2. The van der Waals surface area contributed by atoms with Crippen LogP contribution in [0.1, 0.15) is 34.5 Å². The largest absolute Gasteiger partial charge is 0.451 e. The molecule has 1 amide bonds. The summed E-state index contributed by atoms with van der Waals surface area (Å²) in [7, 11) is 0. The van der Waals surface area contributed by atoms with Crippen LogP contribution in [0.25, 0.3) is 21.9 Å². The monoisotopic (exact) mass is 458 g/mol. The van der Waals surface area contributed by atoms with Crippen LogP contribution in [0.4, 0.5) is 5.69 Å². The number of hydrogen-bond acceptors (Lipinski definition) is 5. The molecular weight excluding hydrogens is 430 g/mol. The van der Waals surface area contributed by atoms with Gasteiger partial charge in [-0.25, -0.2) is 5.21 Å². The number of primary amides is 1. The number of carbonyl (C=O) groups is 1. The second-order valence-electron chi connectivity index (χ2n) is 9.09. The fraction of sp³-hybridized carbons (Fsp3) is 0.308. The fourth-order valence-electron chi connectivity index (χ4n) is 4.84. The Morgan fingerprint density at radius 1 is 1.18 bits per heavy atom. The summed E-state index contributed by atoms with van der Waals surface area (Å²) in [5.41, 5.74) is 9.95. The van der Waals surface area contributed by atoms with Crippen LogP contribution in [0.2, 0.25) is 0 Å². The van der Waals surface area contributed by atoms with Crippen LogP contribution in [0, 0.1) is 11.3 Å². The Morgan fingerprint density at radius 2 is 2.00 bits per heavy atom. The number of nitrogens with zero attached hydrogens (tertiary/aromatic N) is 3. The lowest BCUT2D eigenvalue weighted by Crippen LogP contribution is -2.58. The minimum atomic E-state index is -0.574. The van der Waals surface area contributed by atoms with Gasteiger partial charge >= 0.3 is 0 Å². The van der Waals surface area contributed by atoms with Crippen molar-refractivity contribution in [3.63, 3.8) is 0 Å². The minimum absolute atomic E-state index is 0.0861. The molecule has 0 aliphatic carbocycles. The van der Waals surface area contributed by atoms with Crippen molar-refractivity contribution in [2.24, 2.45) is 5.73 Å². The van der Waals surface area contributed by atoms with Gasteiger partial charge in [-0.3, -0.25) is 4.79 Å². The van der Waals surface area contributed by atoms with Gasteiger partial charge < -0.3 is 20.0 Å². The summed E-state index contributed by atoms with van der Waals surface area (Å²) in [6, 6.07) is 15.4. The summed E-state index contributed by atoms with van der Waals surface area (Å²) >= 11 is 0. The molecule has 1 aliphatic heterocycles. The Hall–Kier alpha value is -3.80. The third-order valence-corrected chi connectivity index (χ3v) is 6.85. The number of quaternary nitrogens is 1. The van der Waals surface area contributed by atoms with Crippen LogP contribution in [-0.4, -0.2) is 53.5 Å². The molecule has 1 fully saturated rings. The van der Waals surface area contributed by atoms with E-state index in [0.29, 0.717) is 24.2 Å². The van der Waals surface area contributed by atoms with E-state index in [2.05, 4.69) is 16.0 Å². The van der Waals surface area contributed by atoms with E-state index in [4.69, 9.17) is 15.4 Å². The van der Waals surface area contributed by atoms with E-state index in [0.717, 1.165) is 60.9 Å². The van der Waals surface area contributed by atoms with Crippen LogP contribution in [-0.2, 0) is 6.42 Å². The smallest absolute Gasteiger partial charge is 0.284 e. The maximum absolute atomic E-state index is 11.4. The van der Waals surface area contributed by atoms with E-state index in [1.54, 1.807) is 6.07 Å². The number of nitrogens with two attached hydrogens (primary N) is 1. The van der Waals surface area contributed by atoms with E-state index < -0.39 is 5.91 Å². The van der Waals surface area contributed by atoms with Gasteiger partial charge in [-0.2, -0.15) is 9.91 Å². The van der Waals surface area contributed by atoms with Crippen molar-refractivity contribution in [3.05, 3.63) is 65.5 Å². The van der Waals surface area contributed by atoms with Crippen LogP contribution >= 0.6 is 0 Å². The Morgan fingerprint density at radius 3 is 2.76 bits per heavy atom. The molecule has 8 nitrogen and oxygen atoms in total. The number of nitriles is 1. The number of hydrogen-bond donors (Lipinski definition) is 3.